The Hall–Kier alpha value is -0.0600. The third kappa shape index (κ3) is 3.09. The lowest BCUT2D eigenvalue weighted by atomic mass is 10.0. The first-order chi connectivity index (χ1) is 8.51. The van der Waals surface area contributed by atoms with Crippen molar-refractivity contribution < 1.29 is 0 Å². The molecule has 1 unspecified atom stereocenters. The zero-order valence-electron chi connectivity index (χ0n) is 9.93. The summed E-state index contributed by atoms with van der Waals surface area (Å²) in [5, 5.41) is 4.80. The molecule has 0 radical (unpaired) electrons. The summed E-state index contributed by atoms with van der Waals surface area (Å²) in [4.78, 5) is 1.16. The number of aryl methyl sites for hydroxylation is 1. The molecule has 0 saturated carbocycles. The highest BCUT2D eigenvalue weighted by Crippen LogP contribution is 2.37. The van der Waals surface area contributed by atoms with Gasteiger partial charge in [-0.1, -0.05) is 29.3 Å². The number of rotatable bonds is 3. The molecule has 18 heavy (non-hydrogen) atoms. The fourth-order valence-electron chi connectivity index (χ4n) is 1.91. The third-order valence-electron chi connectivity index (χ3n) is 2.64. The van der Waals surface area contributed by atoms with Gasteiger partial charge in [0.15, 0.2) is 0 Å². The number of nitrogens with one attached hydrogen (secondary N) is 1. The first-order valence-electron chi connectivity index (χ1n) is 5.40. The van der Waals surface area contributed by atoms with Crippen LogP contribution < -0.4 is 5.32 Å². The van der Waals surface area contributed by atoms with Crippen LogP contribution in [-0.4, -0.2) is 7.05 Å². The van der Waals surface area contributed by atoms with Gasteiger partial charge < -0.3 is 5.32 Å². The van der Waals surface area contributed by atoms with Gasteiger partial charge in [0.2, 0.25) is 0 Å². The number of hydrogen-bond acceptors (Lipinski definition) is 2. The van der Waals surface area contributed by atoms with Gasteiger partial charge in [0.25, 0.3) is 0 Å². The van der Waals surface area contributed by atoms with Gasteiger partial charge in [0.05, 0.1) is 14.9 Å². The summed E-state index contributed by atoms with van der Waals surface area (Å²) in [5.41, 5.74) is 2.30. The zero-order chi connectivity index (χ0) is 13.3. The molecule has 0 saturated heterocycles. The Morgan fingerprint density at radius 1 is 1.22 bits per heavy atom. The molecule has 0 spiro atoms. The second-order valence-corrected chi connectivity index (χ2v) is 7.30. The molecule has 0 aliphatic carbocycles. The van der Waals surface area contributed by atoms with Gasteiger partial charge in [-0.05, 0) is 59.2 Å². The number of hydrogen-bond donors (Lipinski definition) is 1. The van der Waals surface area contributed by atoms with E-state index in [0.717, 1.165) is 29.8 Å². The Kier molecular flexibility index (Phi) is 4.73. The summed E-state index contributed by atoms with van der Waals surface area (Å²) in [7, 11) is 1.93. The lowest BCUT2D eigenvalue weighted by Crippen LogP contribution is -2.16. The standard InChI is InChI=1S/C13H12BrCl2NS/c1-7-3-8(5-9(15)4-7)12(17-2)11-6-10(16)13(14)18-11/h3-6,12,17H,1-2H3. The molecule has 5 heteroatoms. The predicted molar refractivity (Wildman–Crippen MR) is 84.1 cm³/mol. The fraction of sp³-hybridized carbons (Fsp3) is 0.231. The van der Waals surface area contributed by atoms with E-state index < -0.39 is 0 Å². The summed E-state index contributed by atoms with van der Waals surface area (Å²) < 4.78 is 0.957. The molecule has 1 heterocycles. The van der Waals surface area contributed by atoms with E-state index in [1.54, 1.807) is 11.3 Å². The molecule has 0 fully saturated rings. The lowest BCUT2D eigenvalue weighted by Gasteiger charge is -2.16. The molecular formula is C13H12BrCl2NS. The van der Waals surface area contributed by atoms with E-state index in [2.05, 4.69) is 27.3 Å². The molecule has 0 aliphatic heterocycles. The molecule has 96 valence electrons. The molecule has 2 rings (SSSR count). The smallest absolute Gasteiger partial charge is 0.0888 e. The largest absolute Gasteiger partial charge is 0.309 e. The van der Waals surface area contributed by atoms with Gasteiger partial charge >= 0.3 is 0 Å². The Labute approximate surface area is 129 Å². The van der Waals surface area contributed by atoms with Crippen LogP contribution in [0.1, 0.15) is 22.0 Å². The van der Waals surface area contributed by atoms with E-state index in [9.17, 15) is 0 Å². The molecule has 1 N–H and O–H groups in total. The molecule has 0 bridgehead atoms. The van der Waals surface area contributed by atoms with E-state index in [4.69, 9.17) is 23.2 Å². The van der Waals surface area contributed by atoms with Crippen LogP contribution in [0.15, 0.2) is 28.1 Å². The summed E-state index contributed by atoms with van der Waals surface area (Å²) >= 11 is 17.3. The van der Waals surface area contributed by atoms with Crippen molar-refractivity contribution in [3.05, 3.63) is 54.1 Å². The van der Waals surface area contributed by atoms with Crippen LogP contribution in [0.2, 0.25) is 10.0 Å². The number of benzene rings is 1. The SMILES string of the molecule is CNC(c1cc(C)cc(Cl)c1)c1cc(Cl)c(Br)s1. The van der Waals surface area contributed by atoms with Crippen molar-refractivity contribution in [1.82, 2.24) is 5.32 Å². The predicted octanol–water partition coefficient (Wildman–Crippen LogP) is 5.43. The fourth-order valence-corrected chi connectivity index (χ4v) is 4.09. The van der Waals surface area contributed by atoms with Crippen molar-refractivity contribution in [3.63, 3.8) is 0 Å². The summed E-state index contributed by atoms with van der Waals surface area (Å²) in [6.07, 6.45) is 0. The topological polar surface area (TPSA) is 12.0 Å². The molecule has 0 aliphatic rings. The van der Waals surface area contributed by atoms with Crippen LogP contribution in [0.4, 0.5) is 0 Å². The molecule has 1 atom stereocenters. The summed E-state index contributed by atoms with van der Waals surface area (Å²) in [6.45, 7) is 2.04. The molecule has 1 aromatic carbocycles. The first kappa shape index (κ1) is 14.4. The lowest BCUT2D eigenvalue weighted by molar-refractivity contribution is 0.703. The molecule has 0 amide bonds. The first-order valence-corrected chi connectivity index (χ1v) is 7.77. The average molecular weight is 365 g/mol. The van der Waals surface area contributed by atoms with Crippen LogP contribution in [0.25, 0.3) is 0 Å². The van der Waals surface area contributed by atoms with E-state index in [1.165, 1.54) is 0 Å². The van der Waals surface area contributed by atoms with Crippen molar-refractivity contribution in [2.45, 2.75) is 13.0 Å². The minimum absolute atomic E-state index is 0.108. The van der Waals surface area contributed by atoms with Crippen molar-refractivity contribution in [1.29, 1.82) is 0 Å². The minimum Gasteiger partial charge on any atom is -0.309 e. The van der Waals surface area contributed by atoms with E-state index in [-0.39, 0.29) is 6.04 Å². The summed E-state index contributed by atoms with van der Waals surface area (Å²) in [6, 6.07) is 8.16. The normalized spacial score (nSPS) is 12.7. The highest BCUT2D eigenvalue weighted by Gasteiger charge is 2.17. The van der Waals surface area contributed by atoms with Crippen LogP contribution in [0, 0.1) is 6.92 Å². The molecule has 1 aromatic heterocycles. The van der Waals surface area contributed by atoms with Crippen LogP contribution >= 0.6 is 50.5 Å². The molecule has 1 nitrogen and oxygen atoms in total. The number of thiophene rings is 1. The van der Waals surface area contributed by atoms with Gasteiger partial charge in [-0.15, -0.1) is 11.3 Å². The Morgan fingerprint density at radius 3 is 2.44 bits per heavy atom. The molecule has 2 aromatic rings. The quantitative estimate of drug-likeness (QED) is 0.765. The van der Waals surface area contributed by atoms with E-state index >= 15 is 0 Å². The van der Waals surface area contributed by atoms with Crippen molar-refractivity contribution in [2.75, 3.05) is 7.05 Å². The maximum Gasteiger partial charge on any atom is 0.0888 e. The zero-order valence-corrected chi connectivity index (χ0v) is 13.8. The van der Waals surface area contributed by atoms with Gasteiger partial charge in [0.1, 0.15) is 0 Å². The average Bonchev–Trinajstić information content (AvgIpc) is 2.58. The number of halogens is 3. The van der Waals surface area contributed by atoms with E-state index in [0.29, 0.717) is 0 Å². The van der Waals surface area contributed by atoms with E-state index in [1.807, 2.05) is 32.2 Å². The Bertz CT molecular complexity index is 528. The minimum atomic E-state index is 0.108. The molecular weight excluding hydrogens is 353 g/mol. The summed E-state index contributed by atoms with van der Waals surface area (Å²) in [5.74, 6) is 0. The van der Waals surface area contributed by atoms with Crippen LogP contribution in [-0.2, 0) is 0 Å². The second-order valence-electron chi connectivity index (χ2n) is 4.05. The van der Waals surface area contributed by atoms with Crippen molar-refractivity contribution in [3.8, 4) is 0 Å². The van der Waals surface area contributed by atoms with Crippen LogP contribution in [0.5, 0.6) is 0 Å². The Balaban J connectivity index is 2.44. The van der Waals surface area contributed by atoms with Crippen molar-refractivity contribution in [2.24, 2.45) is 0 Å². The Morgan fingerprint density at radius 2 is 1.94 bits per heavy atom. The maximum atomic E-state index is 6.12. The monoisotopic (exact) mass is 363 g/mol. The van der Waals surface area contributed by atoms with Gasteiger partial charge in [-0.3, -0.25) is 0 Å². The second kappa shape index (κ2) is 5.93. The van der Waals surface area contributed by atoms with Gasteiger partial charge in [0, 0.05) is 9.90 Å². The maximum absolute atomic E-state index is 6.12. The van der Waals surface area contributed by atoms with Crippen molar-refractivity contribution >= 4 is 50.5 Å². The van der Waals surface area contributed by atoms with Gasteiger partial charge in [-0.25, -0.2) is 0 Å². The third-order valence-corrected chi connectivity index (χ3v) is 5.39. The highest BCUT2D eigenvalue weighted by molar-refractivity contribution is 9.11. The van der Waals surface area contributed by atoms with Gasteiger partial charge in [-0.2, -0.15) is 0 Å². The highest BCUT2D eigenvalue weighted by atomic mass is 79.9. The van der Waals surface area contributed by atoms with Crippen LogP contribution in [0.3, 0.4) is 0 Å².